The van der Waals surface area contributed by atoms with Gasteiger partial charge < -0.3 is 15.4 Å². The minimum absolute atomic E-state index is 0.0480. The lowest BCUT2D eigenvalue weighted by atomic mass is 9.65. The molecular weight excluding hydrogens is 333 g/mol. The number of carbonyl (C=O) groups is 1. The monoisotopic (exact) mass is 356 g/mol. The van der Waals surface area contributed by atoms with Gasteiger partial charge >= 0.3 is 12.3 Å². The van der Waals surface area contributed by atoms with Crippen molar-refractivity contribution in [1.82, 2.24) is 4.90 Å². The van der Waals surface area contributed by atoms with Crippen LogP contribution in [0.2, 0.25) is 0 Å². The summed E-state index contributed by atoms with van der Waals surface area (Å²) in [7, 11) is 0. The van der Waals surface area contributed by atoms with E-state index < -0.39 is 18.1 Å². The molecular formula is C18H23F3N2O2. The minimum atomic E-state index is -4.33. The topological polar surface area (TPSA) is 55.6 Å². The molecule has 1 spiro atoms. The van der Waals surface area contributed by atoms with Crippen molar-refractivity contribution in [2.75, 3.05) is 13.1 Å². The summed E-state index contributed by atoms with van der Waals surface area (Å²) < 4.78 is 43.4. The molecule has 1 unspecified atom stereocenters. The predicted molar refractivity (Wildman–Crippen MR) is 86.6 cm³/mol. The largest absolute Gasteiger partial charge is 0.445 e. The Balaban J connectivity index is 1.42. The molecule has 1 aliphatic heterocycles. The first-order valence-electron chi connectivity index (χ1n) is 8.57. The molecule has 2 aliphatic rings. The molecule has 1 atom stereocenters. The van der Waals surface area contributed by atoms with Gasteiger partial charge in [-0.25, -0.2) is 4.79 Å². The second-order valence-corrected chi connectivity index (χ2v) is 7.30. The summed E-state index contributed by atoms with van der Waals surface area (Å²) in [6.45, 7) is 1.36. The smallest absolute Gasteiger partial charge is 0.410 e. The molecule has 2 fully saturated rings. The van der Waals surface area contributed by atoms with Crippen molar-refractivity contribution in [3.63, 3.8) is 0 Å². The molecule has 4 nitrogen and oxygen atoms in total. The Hall–Kier alpha value is -1.76. The molecule has 1 aliphatic carbocycles. The van der Waals surface area contributed by atoms with Crippen LogP contribution in [0.15, 0.2) is 30.3 Å². The van der Waals surface area contributed by atoms with Gasteiger partial charge in [-0.1, -0.05) is 30.3 Å². The number of likely N-dealkylation sites (tertiary alicyclic amines) is 1. The number of benzene rings is 1. The Kier molecular flexibility index (Phi) is 4.95. The van der Waals surface area contributed by atoms with Gasteiger partial charge in [-0.15, -0.1) is 0 Å². The van der Waals surface area contributed by atoms with Gasteiger partial charge in [0.05, 0.1) is 0 Å². The van der Waals surface area contributed by atoms with E-state index in [0.717, 1.165) is 5.56 Å². The third-order valence-electron chi connectivity index (χ3n) is 5.49. The highest BCUT2D eigenvalue weighted by Crippen LogP contribution is 2.47. The molecule has 7 heteroatoms. The van der Waals surface area contributed by atoms with Crippen LogP contribution < -0.4 is 5.73 Å². The minimum Gasteiger partial charge on any atom is -0.445 e. The lowest BCUT2D eigenvalue weighted by Gasteiger charge is -2.53. The van der Waals surface area contributed by atoms with Crippen molar-refractivity contribution in [2.45, 2.75) is 44.5 Å². The first-order chi connectivity index (χ1) is 11.8. The van der Waals surface area contributed by atoms with Crippen LogP contribution >= 0.6 is 0 Å². The molecule has 138 valence electrons. The quantitative estimate of drug-likeness (QED) is 0.898. The van der Waals surface area contributed by atoms with Crippen LogP contribution in [0.4, 0.5) is 18.0 Å². The van der Waals surface area contributed by atoms with Gasteiger partial charge in [0.1, 0.15) is 12.6 Å². The molecule has 25 heavy (non-hydrogen) atoms. The highest BCUT2D eigenvalue weighted by Gasteiger charge is 2.50. The lowest BCUT2D eigenvalue weighted by Crippen LogP contribution is -2.60. The van der Waals surface area contributed by atoms with E-state index in [1.807, 2.05) is 30.3 Å². The fraction of sp³-hybridized carbons (Fsp3) is 0.611. The fourth-order valence-electron chi connectivity index (χ4n) is 3.90. The maximum atomic E-state index is 12.7. The third kappa shape index (κ3) is 4.08. The average Bonchev–Trinajstić information content (AvgIpc) is 2.57. The van der Waals surface area contributed by atoms with Gasteiger partial charge in [-0.2, -0.15) is 13.2 Å². The third-order valence-corrected chi connectivity index (χ3v) is 5.49. The molecule has 1 aromatic carbocycles. The van der Waals surface area contributed by atoms with E-state index >= 15 is 0 Å². The van der Waals surface area contributed by atoms with Crippen LogP contribution in [0.3, 0.4) is 0 Å². The Morgan fingerprint density at radius 2 is 1.84 bits per heavy atom. The van der Waals surface area contributed by atoms with Crippen LogP contribution in [-0.2, 0) is 11.3 Å². The van der Waals surface area contributed by atoms with E-state index in [9.17, 15) is 18.0 Å². The molecule has 0 radical (unpaired) electrons. The summed E-state index contributed by atoms with van der Waals surface area (Å²) in [4.78, 5) is 13.7. The Labute approximate surface area is 145 Å². The van der Waals surface area contributed by atoms with Gasteiger partial charge in [0.2, 0.25) is 0 Å². The number of amides is 1. The van der Waals surface area contributed by atoms with Crippen LogP contribution in [0.5, 0.6) is 0 Å². The Morgan fingerprint density at radius 3 is 2.40 bits per heavy atom. The SMILES string of the molecule is NC(C1CCC2(CC1)CN(C(=O)OCc1ccccc1)C2)C(F)(F)F. The van der Waals surface area contributed by atoms with Crippen molar-refractivity contribution in [3.05, 3.63) is 35.9 Å². The van der Waals surface area contributed by atoms with Crippen molar-refractivity contribution in [1.29, 1.82) is 0 Å². The molecule has 1 aromatic rings. The molecule has 2 N–H and O–H groups in total. The molecule has 1 saturated heterocycles. The maximum absolute atomic E-state index is 12.7. The van der Waals surface area contributed by atoms with E-state index in [1.54, 1.807) is 4.90 Å². The van der Waals surface area contributed by atoms with Crippen LogP contribution in [0.1, 0.15) is 31.2 Å². The van der Waals surface area contributed by atoms with Crippen molar-refractivity contribution < 1.29 is 22.7 Å². The summed E-state index contributed by atoms with van der Waals surface area (Å²) in [6, 6.07) is 7.69. The Morgan fingerprint density at radius 1 is 1.24 bits per heavy atom. The number of rotatable bonds is 3. The van der Waals surface area contributed by atoms with Crippen LogP contribution in [-0.4, -0.2) is 36.3 Å². The maximum Gasteiger partial charge on any atom is 0.410 e. The molecule has 0 bridgehead atoms. The van der Waals surface area contributed by atoms with Gasteiger partial charge in [0.25, 0.3) is 0 Å². The second-order valence-electron chi connectivity index (χ2n) is 7.30. The average molecular weight is 356 g/mol. The molecule has 0 aromatic heterocycles. The number of nitrogens with zero attached hydrogens (tertiary/aromatic N) is 1. The first-order valence-corrected chi connectivity index (χ1v) is 8.57. The molecule has 1 amide bonds. The number of hydrogen-bond acceptors (Lipinski definition) is 3. The number of hydrogen-bond donors (Lipinski definition) is 1. The van der Waals surface area contributed by atoms with E-state index in [2.05, 4.69) is 0 Å². The molecule has 3 rings (SSSR count). The zero-order valence-electron chi connectivity index (χ0n) is 14.0. The lowest BCUT2D eigenvalue weighted by molar-refractivity contribution is -0.165. The highest BCUT2D eigenvalue weighted by atomic mass is 19.4. The second kappa shape index (κ2) is 6.86. The van der Waals surface area contributed by atoms with Crippen LogP contribution in [0, 0.1) is 11.3 Å². The Bertz CT molecular complexity index is 590. The van der Waals surface area contributed by atoms with Gasteiger partial charge in [0, 0.05) is 18.5 Å². The van der Waals surface area contributed by atoms with Crippen molar-refractivity contribution in [2.24, 2.45) is 17.1 Å². The van der Waals surface area contributed by atoms with E-state index in [-0.39, 0.29) is 18.1 Å². The number of alkyl halides is 3. The molecule has 1 heterocycles. The van der Waals surface area contributed by atoms with E-state index in [1.165, 1.54) is 0 Å². The molecule has 1 saturated carbocycles. The zero-order chi connectivity index (χ0) is 18.1. The summed E-state index contributed by atoms with van der Waals surface area (Å²) in [5.74, 6) is -0.510. The van der Waals surface area contributed by atoms with Gasteiger partial charge in [-0.05, 0) is 37.2 Å². The predicted octanol–water partition coefficient (Wildman–Crippen LogP) is 3.71. The summed E-state index contributed by atoms with van der Waals surface area (Å²) in [5, 5.41) is 0. The standard InChI is InChI=1S/C18H23F3N2O2/c19-18(20,21)15(22)14-6-8-17(9-7-14)11-23(12-17)16(24)25-10-13-4-2-1-3-5-13/h1-5,14-15H,6-12,22H2. The number of halogens is 3. The number of nitrogens with two attached hydrogens (primary N) is 1. The highest BCUT2D eigenvalue weighted by molar-refractivity contribution is 5.69. The summed E-state index contributed by atoms with van der Waals surface area (Å²) in [6.07, 6.45) is -2.39. The van der Waals surface area contributed by atoms with Gasteiger partial charge in [-0.3, -0.25) is 0 Å². The summed E-state index contributed by atoms with van der Waals surface area (Å²) >= 11 is 0. The number of carbonyl (C=O) groups excluding carboxylic acids is 1. The number of ether oxygens (including phenoxy) is 1. The van der Waals surface area contributed by atoms with Crippen LogP contribution in [0.25, 0.3) is 0 Å². The normalized spacial score (nSPS) is 21.7. The van der Waals surface area contributed by atoms with Gasteiger partial charge in [0.15, 0.2) is 0 Å². The zero-order valence-corrected chi connectivity index (χ0v) is 14.0. The van der Waals surface area contributed by atoms with E-state index in [0.29, 0.717) is 38.8 Å². The fourth-order valence-corrected chi connectivity index (χ4v) is 3.90. The summed E-state index contributed by atoms with van der Waals surface area (Å²) in [5.41, 5.74) is 6.21. The van der Waals surface area contributed by atoms with E-state index in [4.69, 9.17) is 10.5 Å². The van der Waals surface area contributed by atoms with Crippen molar-refractivity contribution >= 4 is 6.09 Å². The van der Waals surface area contributed by atoms with Crippen molar-refractivity contribution in [3.8, 4) is 0 Å². The first kappa shape index (κ1) is 18.0.